The van der Waals surface area contributed by atoms with Gasteiger partial charge in [-0.05, 0) is 49.3 Å². The highest BCUT2D eigenvalue weighted by Crippen LogP contribution is 2.38. The van der Waals surface area contributed by atoms with E-state index in [0.717, 1.165) is 22.4 Å². The van der Waals surface area contributed by atoms with Crippen molar-refractivity contribution in [3.8, 4) is 17.2 Å². The monoisotopic (exact) mass is 373 g/mol. The van der Waals surface area contributed by atoms with Gasteiger partial charge in [-0.15, -0.1) is 0 Å². The minimum atomic E-state index is 0.401. The van der Waals surface area contributed by atoms with Gasteiger partial charge in [-0.25, -0.2) is 0 Å². The summed E-state index contributed by atoms with van der Waals surface area (Å²) in [7, 11) is 4.70. The van der Waals surface area contributed by atoms with E-state index in [0.29, 0.717) is 22.4 Å². The van der Waals surface area contributed by atoms with Crippen molar-refractivity contribution in [3.63, 3.8) is 0 Å². The van der Waals surface area contributed by atoms with Crippen LogP contribution in [0.5, 0.6) is 17.2 Å². The number of nitrogens with zero attached hydrogens (tertiary/aromatic N) is 1. The van der Waals surface area contributed by atoms with Crippen LogP contribution in [0.25, 0.3) is 0 Å². The van der Waals surface area contributed by atoms with Gasteiger partial charge in [0, 0.05) is 11.3 Å². The van der Waals surface area contributed by atoms with E-state index < -0.39 is 0 Å². The Morgan fingerprint density at radius 2 is 1.62 bits per heavy atom. The van der Waals surface area contributed by atoms with E-state index in [2.05, 4.69) is 15.8 Å². The number of methoxy groups -OCH3 is 3. The van der Waals surface area contributed by atoms with Crippen LogP contribution in [0.2, 0.25) is 0 Å². The predicted molar refractivity (Wildman–Crippen MR) is 109 cm³/mol. The molecule has 0 heterocycles. The third-order valence-corrected chi connectivity index (χ3v) is 4.02. The molecule has 0 aliphatic rings. The molecule has 0 aromatic heterocycles. The molecule has 0 saturated carbocycles. The summed E-state index contributed by atoms with van der Waals surface area (Å²) in [5.74, 6) is 1.63. The standard InChI is InChI=1S/C19H23N3O3S/c1-12-7-6-8-13(2)16(12)21-19(26)22-20-11-14-9-10-15(23-3)18(25-5)17(14)24-4/h6-11H,1-5H3,(H2,21,22,26). The summed E-state index contributed by atoms with van der Waals surface area (Å²) in [4.78, 5) is 0. The second-order valence-electron chi connectivity index (χ2n) is 5.51. The normalized spacial score (nSPS) is 10.5. The Hall–Kier alpha value is -2.80. The Balaban J connectivity index is 2.12. The zero-order valence-corrected chi connectivity index (χ0v) is 16.4. The van der Waals surface area contributed by atoms with Crippen LogP contribution in [0.3, 0.4) is 0 Å². The molecule has 2 aromatic rings. The number of hydrazone groups is 1. The van der Waals surface area contributed by atoms with E-state index in [-0.39, 0.29) is 0 Å². The first kappa shape index (κ1) is 19.5. The number of ether oxygens (including phenoxy) is 3. The molecule has 2 N–H and O–H groups in total. The van der Waals surface area contributed by atoms with Crippen molar-refractivity contribution < 1.29 is 14.2 Å². The lowest BCUT2D eigenvalue weighted by atomic mass is 10.1. The number of aryl methyl sites for hydroxylation is 2. The van der Waals surface area contributed by atoms with Gasteiger partial charge in [0.05, 0.1) is 27.5 Å². The molecule has 0 unspecified atom stereocenters. The van der Waals surface area contributed by atoms with Crippen molar-refractivity contribution in [2.24, 2.45) is 5.10 Å². The maximum absolute atomic E-state index is 5.42. The average Bonchev–Trinajstić information content (AvgIpc) is 2.64. The Labute approximate surface area is 159 Å². The fourth-order valence-electron chi connectivity index (χ4n) is 2.54. The number of para-hydroxylation sites is 1. The summed E-state index contributed by atoms with van der Waals surface area (Å²) in [6.45, 7) is 4.05. The van der Waals surface area contributed by atoms with E-state index in [9.17, 15) is 0 Å². The van der Waals surface area contributed by atoms with Crippen LogP contribution < -0.4 is 25.0 Å². The molecule has 7 heteroatoms. The number of hydrogen-bond acceptors (Lipinski definition) is 5. The highest BCUT2D eigenvalue weighted by molar-refractivity contribution is 7.80. The summed E-state index contributed by atoms with van der Waals surface area (Å²) in [6.07, 6.45) is 1.61. The molecule has 0 radical (unpaired) electrons. The first-order valence-corrected chi connectivity index (χ1v) is 8.37. The van der Waals surface area contributed by atoms with Crippen molar-refractivity contribution in [2.75, 3.05) is 26.6 Å². The first-order chi connectivity index (χ1) is 12.5. The molecule has 0 atom stereocenters. The van der Waals surface area contributed by atoms with E-state index >= 15 is 0 Å². The van der Waals surface area contributed by atoms with Crippen molar-refractivity contribution in [3.05, 3.63) is 47.0 Å². The van der Waals surface area contributed by atoms with Gasteiger partial charge in [0.1, 0.15) is 0 Å². The van der Waals surface area contributed by atoms with Crippen molar-refractivity contribution >= 4 is 29.2 Å². The summed E-state index contributed by atoms with van der Waals surface area (Å²) in [5.41, 5.74) is 6.74. The first-order valence-electron chi connectivity index (χ1n) is 7.97. The molecule has 2 rings (SSSR count). The van der Waals surface area contributed by atoms with Gasteiger partial charge < -0.3 is 19.5 Å². The molecule has 0 aliphatic heterocycles. The second-order valence-corrected chi connectivity index (χ2v) is 5.92. The Morgan fingerprint density at radius 3 is 2.19 bits per heavy atom. The van der Waals surface area contributed by atoms with Crippen molar-refractivity contribution in [1.29, 1.82) is 0 Å². The van der Waals surface area contributed by atoms with E-state index in [4.69, 9.17) is 26.4 Å². The lowest BCUT2D eigenvalue weighted by Gasteiger charge is -2.14. The van der Waals surface area contributed by atoms with Gasteiger partial charge in [-0.2, -0.15) is 5.10 Å². The predicted octanol–water partition coefficient (Wildman–Crippen LogP) is 3.65. The molecule has 0 aliphatic carbocycles. The number of benzene rings is 2. The highest BCUT2D eigenvalue weighted by Gasteiger charge is 2.14. The Bertz CT molecular complexity index is 802. The van der Waals surface area contributed by atoms with Crippen LogP contribution in [0.4, 0.5) is 5.69 Å². The van der Waals surface area contributed by atoms with Crippen molar-refractivity contribution in [1.82, 2.24) is 5.43 Å². The van der Waals surface area contributed by atoms with E-state index in [1.165, 1.54) is 0 Å². The number of hydrogen-bond donors (Lipinski definition) is 2. The van der Waals surface area contributed by atoms with E-state index in [1.807, 2.05) is 38.1 Å². The van der Waals surface area contributed by atoms with E-state index in [1.54, 1.807) is 33.6 Å². The van der Waals surface area contributed by atoms with Gasteiger partial charge in [0.15, 0.2) is 16.6 Å². The third kappa shape index (κ3) is 4.43. The summed E-state index contributed by atoms with van der Waals surface area (Å²) in [5, 5.41) is 7.75. The SMILES string of the molecule is COc1ccc(C=NNC(=S)Nc2c(C)cccc2C)c(OC)c1OC. The quantitative estimate of drug-likeness (QED) is 0.458. The number of thiocarbonyl (C=S) groups is 1. The minimum absolute atomic E-state index is 0.401. The molecular formula is C19H23N3O3S. The lowest BCUT2D eigenvalue weighted by molar-refractivity contribution is 0.324. The zero-order chi connectivity index (χ0) is 19.1. The van der Waals surface area contributed by atoms with Crippen LogP contribution in [-0.4, -0.2) is 32.7 Å². The maximum Gasteiger partial charge on any atom is 0.203 e. The number of rotatable bonds is 6. The Morgan fingerprint density at radius 1 is 0.962 bits per heavy atom. The molecular weight excluding hydrogens is 350 g/mol. The maximum atomic E-state index is 5.42. The highest BCUT2D eigenvalue weighted by atomic mass is 32.1. The third-order valence-electron chi connectivity index (χ3n) is 3.82. The Kier molecular flexibility index (Phi) is 6.80. The fraction of sp³-hybridized carbons (Fsp3) is 0.263. The molecule has 0 amide bonds. The largest absolute Gasteiger partial charge is 0.493 e. The van der Waals surface area contributed by atoms with Crippen LogP contribution in [0.1, 0.15) is 16.7 Å². The summed E-state index contributed by atoms with van der Waals surface area (Å²) >= 11 is 5.31. The molecule has 26 heavy (non-hydrogen) atoms. The summed E-state index contributed by atoms with van der Waals surface area (Å²) < 4.78 is 16.1. The van der Waals surface area contributed by atoms with Crippen LogP contribution in [-0.2, 0) is 0 Å². The molecule has 2 aromatic carbocycles. The van der Waals surface area contributed by atoms with Gasteiger partial charge in [0.2, 0.25) is 5.75 Å². The molecule has 6 nitrogen and oxygen atoms in total. The van der Waals surface area contributed by atoms with Gasteiger partial charge in [0.25, 0.3) is 0 Å². The minimum Gasteiger partial charge on any atom is -0.493 e. The fourth-order valence-corrected chi connectivity index (χ4v) is 2.69. The molecule has 0 fully saturated rings. The molecule has 0 bridgehead atoms. The van der Waals surface area contributed by atoms with Crippen molar-refractivity contribution in [2.45, 2.75) is 13.8 Å². The zero-order valence-electron chi connectivity index (χ0n) is 15.5. The smallest absolute Gasteiger partial charge is 0.203 e. The molecule has 0 spiro atoms. The number of anilines is 1. The molecule has 0 saturated heterocycles. The summed E-state index contributed by atoms with van der Waals surface area (Å²) in [6, 6.07) is 9.67. The van der Waals surface area contributed by atoms with Gasteiger partial charge in [-0.3, -0.25) is 5.43 Å². The topological polar surface area (TPSA) is 64.1 Å². The van der Waals surface area contributed by atoms with Crippen LogP contribution >= 0.6 is 12.2 Å². The van der Waals surface area contributed by atoms with Gasteiger partial charge >= 0.3 is 0 Å². The van der Waals surface area contributed by atoms with Crippen LogP contribution in [0, 0.1) is 13.8 Å². The number of nitrogens with one attached hydrogen (secondary N) is 2. The van der Waals surface area contributed by atoms with Gasteiger partial charge in [-0.1, -0.05) is 18.2 Å². The average molecular weight is 373 g/mol. The lowest BCUT2D eigenvalue weighted by Crippen LogP contribution is -2.24. The second kappa shape index (κ2) is 9.05. The molecule has 138 valence electrons. The van der Waals surface area contributed by atoms with Crippen LogP contribution in [0.15, 0.2) is 35.4 Å².